The Labute approximate surface area is 197 Å². The number of nitrogens with zero attached hydrogens (tertiary/aromatic N) is 3. The normalized spacial score (nSPS) is 16.2. The molecule has 9 heteroatoms. The number of carbonyl (C=O) groups excluding carboxylic acids is 1. The summed E-state index contributed by atoms with van der Waals surface area (Å²) < 4.78 is 25.5. The molecule has 1 fully saturated rings. The van der Waals surface area contributed by atoms with Crippen molar-refractivity contribution < 1.29 is 13.2 Å². The molecule has 1 N–H and O–H groups in total. The van der Waals surface area contributed by atoms with Gasteiger partial charge >= 0.3 is 0 Å². The standard InChI is InChI=1S/C25H24N4O4S/c1-34(32,33)25(9-10-25)16-28-11-12-29-22-19(3-2-4-21(22)28)13-20(24(29)31)23(30)27-15-18-7-5-17(14-26)6-8-18/h2-8,13H,9-12,15-16H2,1H3,(H,27,30). The number of amides is 1. The predicted molar refractivity (Wildman–Crippen MR) is 130 cm³/mol. The second kappa shape index (κ2) is 7.99. The molecule has 8 nitrogen and oxygen atoms in total. The predicted octanol–water partition coefficient (Wildman–Crippen LogP) is 2.20. The van der Waals surface area contributed by atoms with E-state index < -0.39 is 20.5 Å². The highest BCUT2D eigenvalue weighted by Gasteiger charge is 2.53. The van der Waals surface area contributed by atoms with E-state index in [2.05, 4.69) is 16.3 Å². The van der Waals surface area contributed by atoms with Crippen molar-refractivity contribution in [1.29, 1.82) is 5.26 Å². The number of nitriles is 1. The van der Waals surface area contributed by atoms with Crippen LogP contribution in [0, 0.1) is 11.3 Å². The van der Waals surface area contributed by atoms with Crippen molar-refractivity contribution in [1.82, 2.24) is 9.88 Å². The molecule has 174 valence electrons. The zero-order valence-corrected chi connectivity index (χ0v) is 19.6. The summed E-state index contributed by atoms with van der Waals surface area (Å²) in [7, 11) is -3.18. The molecule has 1 aliphatic heterocycles. The van der Waals surface area contributed by atoms with Gasteiger partial charge in [-0.25, -0.2) is 8.42 Å². The van der Waals surface area contributed by atoms with E-state index in [-0.39, 0.29) is 17.7 Å². The summed E-state index contributed by atoms with van der Waals surface area (Å²) in [5, 5.41) is 12.5. The average molecular weight is 477 g/mol. The summed E-state index contributed by atoms with van der Waals surface area (Å²) in [5.41, 5.74) is 2.62. The molecule has 1 amide bonds. The number of benzene rings is 2. The minimum atomic E-state index is -3.18. The van der Waals surface area contributed by atoms with Crippen LogP contribution < -0.4 is 15.8 Å². The Morgan fingerprint density at radius 2 is 1.88 bits per heavy atom. The minimum Gasteiger partial charge on any atom is -0.366 e. The molecule has 2 aromatic carbocycles. The first-order valence-corrected chi connectivity index (χ1v) is 13.0. The number of nitrogens with one attached hydrogen (secondary N) is 1. The highest BCUT2D eigenvalue weighted by atomic mass is 32.2. The Hall–Kier alpha value is -3.64. The van der Waals surface area contributed by atoms with Crippen molar-refractivity contribution in [2.45, 2.75) is 30.7 Å². The summed E-state index contributed by atoms with van der Waals surface area (Å²) >= 11 is 0. The summed E-state index contributed by atoms with van der Waals surface area (Å²) in [6.07, 6.45) is 2.61. The summed E-state index contributed by atoms with van der Waals surface area (Å²) in [5.74, 6) is -0.457. The van der Waals surface area contributed by atoms with Crippen LogP contribution in [0.4, 0.5) is 5.69 Å². The number of carbonyl (C=O) groups is 1. The van der Waals surface area contributed by atoms with E-state index in [1.54, 1.807) is 34.9 Å². The molecule has 2 heterocycles. The van der Waals surface area contributed by atoms with E-state index in [0.29, 0.717) is 38.0 Å². The van der Waals surface area contributed by atoms with E-state index in [9.17, 15) is 18.0 Å². The Bertz CT molecular complexity index is 1510. The first-order valence-electron chi connectivity index (χ1n) is 11.1. The Balaban J connectivity index is 1.44. The fourth-order valence-electron chi connectivity index (χ4n) is 4.67. The van der Waals surface area contributed by atoms with Gasteiger partial charge in [-0.15, -0.1) is 0 Å². The number of sulfone groups is 1. The second-order valence-electron chi connectivity index (χ2n) is 9.10. The molecule has 5 rings (SSSR count). The van der Waals surface area contributed by atoms with Crippen molar-refractivity contribution in [2.75, 3.05) is 24.2 Å². The summed E-state index contributed by atoms with van der Waals surface area (Å²) in [4.78, 5) is 28.2. The van der Waals surface area contributed by atoms with E-state index in [0.717, 1.165) is 22.2 Å². The number of pyridine rings is 1. The van der Waals surface area contributed by atoms with E-state index in [1.165, 1.54) is 6.26 Å². The maximum absolute atomic E-state index is 13.3. The molecule has 34 heavy (non-hydrogen) atoms. The van der Waals surface area contributed by atoms with Crippen molar-refractivity contribution in [3.63, 3.8) is 0 Å². The number of aromatic nitrogens is 1. The summed E-state index contributed by atoms with van der Waals surface area (Å²) in [6.45, 7) is 1.53. The molecular formula is C25H24N4O4S. The van der Waals surface area contributed by atoms with Crippen LogP contribution in [0.25, 0.3) is 10.9 Å². The molecule has 0 spiro atoms. The lowest BCUT2D eigenvalue weighted by atomic mass is 10.1. The van der Waals surface area contributed by atoms with Crippen molar-refractivity contribution in [3.05, 3.63) is 75.6 Å². The zero-order chi connectivity index (χ0) is 24.1. The second-order valence-corrected chi connectivity index (χ2v) is 11.5. The van der Waals surface area contributed by atoms with Crippen LogP contribution in [-0.2, 0) is 22.9 Å². The van der Waals surface area contributed by atoms with Crippen molar-refractivity contribution >= 4 is 32.3 Å². The maximum atomic E-state index is 13.3. The van der Waals surface area contributed by atoms with Crippen molar-refractivity contribution in [3.8, 4) is 6.07 Å². The van der Waals surface area contributed by atoms with Gasteiger partial charge in [0.2, 0.25) is 0 Å². The van der Waals surface area contributed by atoms with Gasteiger partial charge < -0.3 is 14.8 Å². The maximum Gasteiger partial charge on any atom is 0.264 e. The Morgan fingerprint density at radius 1 is 1.15 bits per heavy atom. The third kappa shape index (κ3) is 3.74. The van der Waals surface area contributed by atoms with Gasteiger partial charge in [0.15, 0.2) is 9.84 Å². The molecular weight excluding hydrogens is 452 g/mol. The van der Waals surface area contributed by atoms with Gasteiger partial charge in [0.05, 0.1) is 27.6 Å². The molecule has 0 unspecified atom stereocenters. The zero-order valence-electron chi connectivity index (χ0n) is 18.7. The number of rotatable bonds is 6. The number of hydrogen-bond acceptors (Lipinski definition) is 6. The molecule has 1 aromatic heterocycles. The minimum absolute atomic E-state index is 0.0709. The Morgan fingerprint density at radius 3 is 2.53 bits per heavy atom. The number of hydrogen-bond donors (Lipinski definition) is 1. The smallest absolute Gasteiger partial charge is 0.264 e. The SMILES string of the molecule is CS(=O)(=O)C1(CN2CCn3c(=O)c(C(=O)NCc4ccc(C#N)cc4)cc4cccc2c43)CC1. The highest BCUT2D eigenvalue weighted by Crippen LogP contribution is 2.45. The molecule has 3 aromatic rings. The van der Waals surface area contributed by atoms with Gasteiger partial charge in [-0.2, -0.15) is 5.26 Å². The number of para-hydroxylation sites is 1. The summed E-state index contributed by atoms with van der Waals surface area (Å²) in [6, 6.07) is 16.2. The van der Waals surface area contributed by atoms with Crippen LogP contribution in [0.2, 0.25) is 0 Å². The third-order valence-electron chi connectivity index (χ3n) is 6.88. The first kappa shape index (κ1) is 22.2. The van der Waals surface area contributed by atoms with E-state index in [1.807, 2.05) is 18.2 Å². The first-order chi connectivity index (χ1) is 16.2. The topological polar surface area (TPSA) is 112 Å². The van der Waals surface area contributed by atoms with Crippen LogP contribution in [0.1, 0.15) is 34.3 Å². The lowest BCUT2D eigenvalue weighted by molar-refractivity contribution is 0.0949. The van der Waals surface area contributed by atoms with Crippen LogP contribution in [-0.4, -0.2) is 43.0 Å². The largest absolute Gasteiger partial charge is 0.366 e. The monoisotopic (exact) mass is 476 g/mol. The quantitative estimate of drug-likeness (QED) is 0.584. The molecule has 0 saturated heterocycles. The van der Waals surface area contributed by atoms with Gasteiger partial charge in [0.25, 0.3) is 11.5 Å². The van der Waals surface area contributed by atoms with Crippen LogP contribution >= 0.6 is 0 Å². The molecule has 0 atom stereocenters. The van der Waals surface area contributed by atoms with Crippen LogP contribution in [0.3, 0.4) is 0 Å². The molecule has 0 radical (unpaired) electrons. The molecule has 1 aliphatic carbocycles. The van der Waals surface area contributed by atoms with Gasteiger partial charge in [-0.1, -0.05) is 24.3 Å². The fourth-order valence-corrected chi connectivity index (χ4v) is 5.90. The van der Waals surface area contributed by atoms with Crippen molar-refractivity contribution in [2.24, 2.45) is 0 Å². The highest BCUT2D eigenvalue weighted by molar-refractivity contribution is 7.92. The fraction of sp³-hybridized carbons (Fsp3) is 0.320. The van der Waals surface area contributed by atoms with Gasteiger partial charge in [-0.3, -0.25) is 9.59 Å². The van der Waals surface area contributed by atoms with E-state index >= 15 is 0 Å². The molecule has 0 bridgehead atoms. The lowest BCUT2D eigenvalue weighted by Crippen LogP contribution is -2.44. The average Bonchev–Trinajstić information content (AvgIpc) is 3.62. The van der Waals surface area contributed by atoms with E-state index in [4.69, 9.17) is 5.26 Å². The third-order valence-corrected chi connectivity index (χ3v) is 8.99. The van der Waals surface area contributed by atoms with Gasteiger partial charge in [0, 0.05) is 37.8 Å². The number of anilines is 1. The molecule has 2 aliphatic rings. The molecule has 1 saturated carbocycles. The lowest BCUT2D eigenvalue weighted by Gasteiger charge is -2.34. The van der Waals surface area contributed by atoms with Gasteiger partial charge in [0.1, 0.15) is 5.56 Å². The van der Waals surface area contributed by atoms with Crippen LogP contribution in [0.5, 0.6) is 0 Å². The Kier molecular flexibility index (Phi) is 5.21. The van der Waals surface area contributed by atoms with Gasteiger partial charge in [-0.05, 0) is 42.7 Å². The van der Waals surface area contributed by atoms with Crippen LogP contribution in [0.15, 0.2) is 53.3 Å².